The number of anilines is 1. The van der Waals surface area contributed by atoms with Crippen LogP contribution in [0.25, 0.3) is 0 Å². The Balaban J connectivity index is 2.89. The van der Waals surface area contributed by atoms with Crippen molar-refractivity contribution in [3.8, 4) is 0 Å². The van der Waals surface area contributed by atoms with Crippen LogP contribution in [0.3, 0.4) is 0 Å². The Morgan fingerprint density at radius 3 is 2.40 bits per heavy atom. The Bertz CT molecular complexity index is 324. The van der Waals surface area contributed by atoms with Gasteiger partial charge in [0.2, 0.25) is 0 Å². The number of rotatable bonds is 3. The molecule has 0 aromatic carbocycles. The van der Waals surface area contributed by atoms with Gasteiger partial charge in [-0.05, 0) is 34.6 Å². The predicted octanol–water partition coefficient (Wildman–Crippen LogP) is 1.63. The molecule has 0 saturated heterocycles. The number of nitrogens with one attached hydrogen (secondary N) is 1. The molecule has 1 aromatic heterocycles. The first-order valence-corrected chi connectivity index (χ1v) is 5.17. The normalized spacial score (nSPS) is 13.7. The van der Waals surface area contributed by atoms with E-state index in [0.717, 1.165) is 17.3 Å². The molecule has 15 heavy (non-hydrogen) atoms. The Kier molecular flexibility index (Phi) is 3.29. The van der Waals surface area contributed by atoms with Crippen molar-refractivity contribution in [1.29, 1.82) is 0 Å². The quantitative estimate of drug-likeness (QED) is 0.792. The van der Waals surface area contributed by atoms with E-state index in [9.17, 15) is 0 Å². The van der Waals surface area contributed by atoms with Gasteiger partial charge in [0.05, 0.1) is 0 Å². The Morgan fingerprint density at radius 2 is 1.93 bits per heavy atom. The largest absolute Gasteiger partial charge is 0.364 e. The average Bonchev–Trinajstić information content (AvgIpc) is 1.99. The van der Waals surface area contributed by atoms with Gasteiger partial charge in [-0.25, -0.2) is 9.97 Å². The fourth-order valence-corrected chi connectivity index (χ4v) is 1.22. The zero-order valence-electron chi connectivity index (χ0n) is 10.1. The highest BCUT2D eigenvalue weighted by atomic mass is 15.1. The van der Waals surface area contributed by atoms with Gasteiger partial charge < -0.3 is 11.1 Å². The second-order valence-corrected chi connectivity index (χ2v) is 4.58. The Hall–Kier alpha value is -1.16. The van der Waals surface area contributed by atoms with E-state index in [0.29, 0.717) is 0 Å². The minimum Gasteiger partial charge on any atom is -0.364 e. The van der Waals surface area contributed by atoms with Crippen LogP contribution >= 0.6 is 0 Å². The topological polar surface area (TPSA) is 63.8 Å². The molecular formula is C11H20N4. The van der Waals surface area contributed by atoms with Gasteiger partial charge in [-0.3, -0.25) is 0 Å². The summed E-state index contributed by atoms with van der Waals surface area (Å²) >= 11 is 0. The SMILES string of the molecule is Cc1cc(NC(C)(C)C(C)N)nc(C)n1. The first-order chi connectivity index (χ1) is 6.81. The standard InChI is InChI=1S/C11H20N4/c1-7-6-10(14-9(3)13-7)15-11(4,5)8(2)12/h6,8H,12H2,1-5H3,(H,13,14,15). The summed E-state index contributed by atoms with van der Waals surface area (Å²) in [6.07, 6.45) is 0. The highest BCUT2D eigenvalue weighted by molar-refractivity contribution is 5.39. The van der Waals surface area contributed by atoms with Gasteiger partial charge in [-0.2, -0.15) is 0 Å². The molecule has 0 amide bonds. The fraction of sp³-hybridized carbons (Fsp3) is 0.636. The van der Waals surface area contributed by atoms with Crippen LogP contribution in [0, 0.1) is 13.8 Å². The molecule has 0 aliphatic carbocycles. The summed E-state index contributed by atoms with van der Waals surface area (Å²) in [4.78, 5) is 8.55. The molecule has 0 aliphatic rings. The fourth-order valence-electron chi connectivity index (χ4n) is 1.22. The van der Waals surface area contributed by atoms with Crippen LogP contribution in [0.4, 0.5) is 5.82 Å². The van der Waals surface area contributed by atoms with Crippen LogP contribution < -0.4 is 11.1 Å². The van der Waals surface area contributed by atoms with E-state index in [4.69, 9.17) is 5.73 Å². The zero-order valence-corrected chi connectivity index (χ0v) is 10.1. The lowest BCUT2D eigenvalue weighted by atomic mass is 9.97. The summed E-state index contributed by atoms with van der Waals surface area (Å²) in [5.41, 5.74) is 6.68. The summed E-state index contributed by atoms with van der Waals surface area (Å²) in [6.45, 7) is 9.94. The number of hydrogen-bond donors (Lipinski definition) is 2. The molecule has 4 nitrogen and oxygen atoms in total. The Morgan fingerprint density at radius 1 is 1.33 bits per heavy atom. The first kappa shape index (κ1) is 11.9. The molecule has 1 aromatic rings. The lowest BCUT2D eigenvalue weighted by Gasteiger charge is -2.31. The predicted molar refractivity (Wildman–Crippen MR) is 62.9 cm³/mol. The van der Waals surface area contributed by atoms with E-state index in [1.54, 1.807) is 0 Å². The molecule has 0 aliphatic heterocycles. The Labute approximate surface area is 91.3 Å². The van der Waals surface area contributed by atoms with Crippen molar-refractivity contribution < 1.29 is 0 Å². The molecule has 0 radical (unpaired) electrons. The molecule has 1 heterocycles. The van der Waals surface area contributed by atoms with Crippen molar-refractivity contribution >= 4 is 5.82 Å². The maximum atomic E-state index is 5.89. The third-order valence-corrected chi connectivity index (χ3v) is 2.55. The molecule has 0 fully saturated rings. The van der Waals surface area contributed by atoms with Gasteiger partial charge in [-0.1, -0.05) is 0 Å². The number of aromatic nitrogens is 2. The zero-order chi connectivity index (χ0) is 11.6. The molecule has 84 valence electrons. The molecule has 1 atom stereocenters. The van der Waals surface area contributed by atoms with E-state index >= 15 is 0 Å². The summed E-state index contributed by atoms with van der Waals surface area (Å²) in [7, 11) is 0. The van der Waals surface area contributed by atoms with Crippen LogP contribution in [0.5, 0.6) is 0 Å². The van der Waals surface area contributed by atoms with Gasteiger partial charge in [0.15, 0.2) is 0 Å². The lowest BCUT2D eigenvalue weighted by Crippen LogP contribution is -2.47. The lowest BCUT2D eigenvalue weighted by molar-refractivity contribution is 0.469. The monoisotopic (exact) mass is 208 g/mol. The van der Waals surface area contributed by atoms with Crippen LogP contribution in [0.15, 0.2) is 6.07 Å². The summed E-state index contributed by atoms with van der Waals surface area (Å²) in [6, 6.07) is 1.98. The van der Waals surface area contributed by atoms with Gasteiger partial charge >= 0.3 is 0 Å². The van der Waals surface area contributed by atoms with Crippen LogP contribution in [0.2, 0.25) is 0 Å². The summed E-state index contributed by atoms with van der Waals surface area (Å²) in [5.74, 6) is 1.61. The average molecular weight is 208 g/mol. The van der Waals surface area contributed by atoms with Gasteiger partial charge in [0.1, 0.15) is 11.6 Å². The van der Waals surface area contributed by atoms with Crippen LogP contribution in [-0.2, 0) is 0 Å². The highest BCUT2D eigenvalue weighted by Crippen LogP contribution is 2.15. The van der Waals surface area contributed by atoms with Gasteiger partial charge in [0.25, 0.3) is 0 Å². The van der Waals surface area contributed by atoms with Crippen molar-refractivity contribution in [2.45, 2.75) is 46.2 Å². The third kappa shape index (κ3) is 3.16. The summed E-state index contributed by atoms with van der Waals surface area (Å²) < 4.78 is 0. The van der Waals surface area contributed by atoms with E-state index in [2.05, 4.69) is 29.1 Å². The van der Waals surface area contributed by atoms with Crippen molar-refractivity contribution in [3.63, 3.8) is 0 Å². The second kappa shape index (κ2) is 4.14. The number of nitrogens with zero attached hydrogens (tertiary/aromatic N) is 2. The number of aryl methyl sites for hydroxylation is 2. The van der Waals surface area contributed by atoms with E-state index in [1.807, 2.05) is 26.8 Å². The van der Waals surface area contributed by atoms with Crippen molar-refractivity contribution in [1.82, 2.24) is 9.97 Å². The minimum absolute atomic E-state index is 0.0491. The van der Waals surface area contributed by atoms with E-state index < -0.39 is 0 Å². The van der Waals surface area contributed by atoms with Crippen molar-refractivity contribution in [2.75, 3.05) is 5.32 Å². The molecule has 1 rings (SSSR count). The van der Waals surface area contributed by atoms with E-state index in [1.165, 1.54) is 0 Å². The van der Waals surface area contributed by atoms with Crippen molar-refractivity contribution in [2.24, 2.45) is 5.73 Å². The van der Waals surface area contributed by atoms with Gasteiger partial charge in [-0.15, -0.1) is 0 Å². The molecular weight excluding hydrogens is 188 g/mol. The minimum atomic E-state index is -0.173. The highest BCUT2D eigenvalue weighted by Gasteiger charge is 2.22. The molecule has 1 unspecified atom stereocenters. The molecule has 0 saturated carbocycles. The van der Waals surface area contributed by atoms with Crippen LogP contribution in [0.1, 0.15) is 32.3 Å². The maximum Gasteiger partial charge on any atom is 0.130 e. The molecule has 0 spiro atoms. The number of nitrogens with two attached hydrogens (primary N) is 1. The maximum absolute atomic E-state index is 5.89. The molecule has 4 heteroatoms. The van der Waals surface area contributed by atoms with Crippen molar-refractivity contribution in [3.05, 3.63) is 17.6 Å². The smallest absolute Gasteiger partial charge is 0.130 e. The number of hydrogen-bond acceptors (Lipinski definition) is 4. The van der Waals surface area contributed by atoms with Gasteiger partial charge in [0, 0.05) is 23.3 Å². The third-order valence-electron chi connectivity index (χ3n) is 2.55. The summed E-state index contributed by atoms with van der Waals surface area (Å²) in [5, 5.41) is 3.32. The molecule has 3 N–H and O–H groups in total. The first-order valence-electron chi connectivity index (χ1n) is 5.17. The second-order valence-electron chi connectivity index (χ2n) is 4.58. The van der Waals surface area contributed by atoms with E-state index in [-0.39, 0.29) is 11.6 Å². The molecule has 0 bridgehead atoms. The van der Waals surface area contributed by atoms with Crippen LogP contribution in [-0.4, -0.2) is 21.5 Å².